The van der Waals surface area contributed by atoms with Crippen molar-refractivity contribution in [2.45, 2.75) is 19.8 Å². The quantitative estimate of drug-likeness (QED) is 0.432. The number of nitrogens with zero attached hydrogens (tertiary/aromatic N) is 2. The summed E-state index contributed by atoms with van der Waals surface area (Å²) in [6.45, 7) is 3.34. The van der Waals surface area contributed by atoms with Gasteiger partial charge in [-0.1, -0.05) is 0 Å². The van der Waals surface area contributed by atoms with E-state index in [2.05, 4.69) is 10.6 Å². The van der Waals surface area contributed by atoms with Gasteiger partial charge >= 0.3 is 0 Å². The fraction of sp³-hybridized carbons (Fsp3) is 0.217. The van der Waals surface area contributed by atoms with E-state index in [-0.39, 0.29) is 22.9 Å². The summed E-state index contributed by atoms with van der Waals surface area (Å²) >= 11 is 0. The van der Waals surface area contributed by atoms with Gasteiger partial charge in [-0.25, -0.2) is 0 Å². The number of nitrogens with one attached hydrogen (secondary N) is 2. The lowest BCUT2D eigenvalue weighted by atomic mass is 10.1. The Balaban J connectivity index is 1.48. The first-order valence-corrected chi connectivity index (χ1v) is 10.2. The topological polar surface area (TPSA) is 118 Å². The molecule has 0 aliphatic carbocycles. The number of hydrogen-bond donors (Lipinski definition) is 2. The number of nitro groups is 1. The summed E-state index contributed by atoms with van der Waals surface area (Å²) in [7, 11) is 0. The lowest BCUT2D eigenvalue weighted by Crippen LogP contribution is -2.20. The van der Waals surface area contributed by atoms with E-state index >= 15 is 0 Å². The molecule has 0 bridgehead atoms. The Morgan fingerprint density at radius 1 is 1.03 bits per heavy atom. The minimum Gasteiger partial charge on any atom is -0.459 e. The zero-order chi connectivity index (χ0) is 22.7. The van der Waals surface area contributed by atoms with Crippen LogP contribution in [0, 0.1) is 17.0 Å². The zero-order valence-electron chi connectivity index (χ0n) is 17.5. The number of anilines is 3. The van der Waals surface area contributed by atoms with Gasteiger partial charge in [-0.15, -0.1) is 0 Å². The molecule has 1 aromatic heterocycles. The van der Waals surface area contributed by atoms with Crippen LogP contribution in [0.2, 0.25) is 0 Å². The second-order valence-corrected chi connectivity index (χ2v) is 7.57. The van der Waals surface area contributed by atoms with Gasteiger partial charge in [0, 0.05) is 36.1 Å². The van der Waals surface area contributed by atoms with E-state index in [1.165, 1.54) is 12.3 Å². The summed E-state index contributed by atoms with van der Waals surface area (Å²) in [4.78, 5) is 38.0. The van der Waals surface area contributed by atoms with Crippen LogP contribution in [0.5, 0.6) is 0 Å². The van der Waals surface area contributed by atoms with Crippen LogP contribution in [-0.2, 0) is 0 Å². The predicted octanol–water partition coefficient (Wildman–Crippen LogP) is 4.60. The molecule has 164 valence electrons. The van der Waals surface area contributed by atoms with E-state index in [4.69, 9.17) is 4.42 Å². The first-order valence-electron chi connectivity index (χ1n) is 10.2. The molecule has 0 spiro atoms. The monoisotopic (exact) mass is 434 g/mol. The van der Waals surface area contributed by atoms with Crippen molar-refractivity contribution in [3.8, 4) is 0 Å². The van der Waals surface area contributed by atoms with E-state index < -0.39 is 10.8 Å². The van der Waals surface area contributed by atoms with E-state index in [0.717, 1.165) is 31.5 Å². The van der Waals surface area contributed by atoms with E-state index in [1.54, 1.807) is 49.4 Å². The Morgan fingerprint density at radius 2 is 1.81 bits per heavy atom. The molecule has 3 aromatic rings. The summed E-state index contributed by atoms with van der Waals surface area (Å²) in [6.07, 6.45) is 3.41. The van der Waals surface area contributed by atoms with Crippen LogP contribution in [0.4, 0.5) is 22.7 Å². The highest BCUT2D eigenvalue weighted by molar-refractivity contribution is 6.06. The SMILES string of the molecule is Cc1cc(NC(=O)c2ccc(N3CCCC3)c([N+](=O)[O-])c2)ccc1NC(=O)c1ccco1. The third kappa shape index (κ3) is 4.46. The maximum atomic E-state index is 12.7. The van der Waals surface area contributed by atoms with Gasteiger partial charge in [-0.2, -0.15) is 0 Å². The summed E-state index contributed by atoms with van der Waals surface area (Å²) in [5.41, 5.74) is 2.48. The van der Waals surface area contributed by atoms with Crippen molar-refractivity contribution >= 4 is 34.6 Å². The molecule has 1 aliphatic heterocycles. The molecule has 1 aliphatic rings. The number of furan rings is 1. The van der Waals surface area contributed by atoms with Crippen LogP contribution >= 0.6 is 0 Å². The van der Waals surface area contributed by atoms with Gasteiger partial charge in [0.05, 0.1) is 11.2 Å². The van der Waals surface area contributed by atoms with Crippen molar-refractivity contribution in [2.24, 2.45) is 0 Å². The number of carbonyl (C=O) groups excluding carboxylic acids is 2. The highest BCUT2D eigenvalue weighted by Crippen LogP contribution is 2.32. The van der Waals surface area contributed by atoms with Crippen LogP contribution in [0.25, 0.3) is 0 Å². The largest absolute Gasteiger partial charge is 0.459 e. The predicted molar refractivity (Wildman–Crippen MR) is 120 cm³/mol. The second-order valence-electron chi connectivity index (χ2n) is 7.57. The Morgan fingerprint density at radius 3 is 2.47 bits per heavy atom. The normalized spacial score (nSPS) is 13.1. The van der Waals surface area contributed by atoms with Crippen molar-refractivity contribution in [3.05, 3.63) is 81.8 Å². The van der Waals surface area contributed by atoms with Gasteiger partial charge in [0.15, 0.2) is 5.76 Å². The highest BCUT2D eigenvalue weighted by Gasteiger charge is 2.24. The van der Waals surface area contributed by atoms with Crippen LogP contribution in [-0.4, -0.2) is 29.8 Å². The molecule has 0 atom stereocenters. The molecular weight excluding hydrogens is 412 g/mol. The molecule has 2 aromatic carbocycles. The number of aryl methyl sites for hydroxylation is 1. The standard InChI is InChI=1S/C23H22N4O5/c1-15-13-17(7-8-18(15)25-23(29)21-5-4-12-32-21)24-22(28)16-6-9-19(20(14-16)27(30)31)26-10-2-3-11-26/h4-9,12-14H,2-3,10-11H2,1H3,(H,24,28)(H,25,29). The molecule has 0 saturated carbocycles. The van der Waals surface area contributed by atoms with Crippen molar-refractivity contribution in [3.63, 3.8) is 0 Å². The summed E-state index contributed by atoms with van der Waals surface area (Å²) in [6, 6.07) is 12.8. The first kappa shape index (κ1) is 21.1. The maximum absolute atomic E-state index is 12.7. The Labute approximate surface area is 184 Å². The third-order valence-electron chi connectivity index (χ3n) is 5.36. The highest BCUT2D eigenvalue weighted by atomic mass is 16.6. The summed E-state index contributed by atoms with van der Waals surface area (Å²) < 4.78 is 5.08. The molecule has 9 heteroatoms. The summed E-state index contributed by atoms with van der Waals surface area (Å²) in [5, 5.41) is 17.1. The van der Waals surface area contributed by atoms with Gasteiger partial charge < -0.3 is 20.0 Å². The Kier molecular flexibility index (Phi) is 5.89. The number of amides is 2. The van der Waals surface area contributed by atoms with Crippen molar-refractivity contribution < 1.29 is 18.9 Å². The van der Waals surface area contributed by atoms with Crippen LogP contribution in [0.15, 0.2) is 59.2 Å². The third-order valence-corrected chi connectivity index (χ3v) is 5.36. The Hall–Kier alpha value is -4.14. The lowest BCUT2D eigenvalue weighted by molar-refractivity contribution is -0.384. The average molecular weight is 434 g/mol. The molecule has 9 nitrogen and oxygen atoms in total. The number of hydrogen-bond acceptors (Lipinski definition) is 6. The van der Waals surface area contributed by atoms with Crippen molar-refractivity contribution in [1.29, 1.82) is 0 Å². The van der Waals surface area contributed by atoms with Crippen molar-refractivity contribution in [1.82, 2.24) is 0 Å². The molecule has 2 heterocycles. The van der Waals surface area contributed by atoms with Crippen molar-refractivity contribution in [2.75, 3.05) is 28.6 Å². The number of nitro benzene ring substituents is 1. The second kappa shape index (κ2) is 8.93. The van der Waals surface area contributed by atoms with E-state index in [0.29, 0.717) is 17.1 Å². The van der Waals surface area contributed by atoms with Crippen LogP contribution < -0.4 is 15.5 Å². The first-order chi connectivity index (χ1) is 15.4. The minimum absolute atomic E-state index is 0.0771. The van der Waals surface area contributed by atoms with Crippen LogP contribution in [0.1, 0.15) is 39.3 Å². The van der Waals surface area contributed by atoms with Gasteiger partial charge in [0.2, 0.25) is 0 Å². The minimum atomic E-state index is -0.453. The average Bonchev–Trinajstić information content (AvgIpc) is 3.49. The van der Waals surface area contributed by atoms with Gasteiger partial charge in [0.1, 0.15) is 5.69 Å². The molecule has 0 radical (unpaired) electrons. The number of benzene rings is 2. The fourth-order valence-corrected chi connectivity index (χ4v) is 3.71. The molecular formula is C23H22N4O5. The Bertz CT molecular complexity index is 1170. The van der Waals surface area contributed by atoms with Gasteiger partial charge in [0.25, 0.3) is 17.5 Å². The van der Waals surface area contributed by atoms with Crippen LogP contribution in [0.3, 0.4) is 0 Å². The van der Waals surface area contributed by atoms with E-state index in [9.17, 15) is 19.7 Å². The molecule has 0 unspecified atom stereocenters. The number of carbonyl (C=O) groups is 2. The molecule has 2 N–H and O–H groups in total. The summed E-state index contributed by atoms with van der Waals surface area (Å²) in [5.74, 6) is -0.631. The molecule has 2 amide bonds. The van der Waals surface area contributed by atoms with Gasteiger partial charge in [-0.3, -0.25) is 19.7 Å². The molecule has 1 fully saturated rings. The van der Waals surface area contributed by atoms with Gasteiger partial charge in [-0.05, 0) is 67.8 Å². The smallest absolute Gasteiger partial charge is 0.293 e. The molecule has 1 saturated heterocycles. The maximum Gasteiger partial charge on any atom is 0.293 e. The zero-order valence-corrected chi connectivity index (χ0v) is 17.5. The fourth-order valence-electron chi connectivity index (χ4n) is 3.71. The molecule has 32 heavy (non-hydrogen) atoms. The molecule has 4 rings (SSSR count). The van der Waals surface area contributed by atoms with E-state index in [1.807, 2.05) is 4.90 Å². The number of rotatable bonds is 6. The lowest BCUT2D eigenvalue weighted by Gasteiger charge is -2.18.